The fourth-order valence-corrected chi connectivity index (χ4v) is 2.18. The molecule has 0 atom stereocenters. The van der Waals surface area contributed by atoms with Gasteiger partial charge in [0.05, 0.1) is 7.11 Å². The third-order valence-corrected chi connectivity index (χ3v) is 3.13. The number of nitrogen functional groups attached to an aromatic ring is 1. The van der Waals surface area contributed by atoms with E-state index in [2.05, 4.69) is 11.1 Å². The van der Waals surface area contributed by atoms with E-state index in [-0.39, 0.29) is 0 Å². The highest BCUT2D eigenvalue weighted by molar-refractivity contribution is 5.86. The van der Waals surface area contributed by atoms with E-state index in [1.54, 1.807) is 13.3 Å². The van der Waals surface area contributed by atoms with Crippen LogP contribution in [-0.4, -0.2) is 12.1 Å². The third kappa shape index (κ3) is 2.60. The lowest BCUT2D eigenvalue weighted by Crippen LogP contribution is -2.01. The smallest absolute Gasteiger partial charge is 0.131 e. The van der Waals surface area contributed by atoms with Gasteiger partial charge in [-0.2, -0.15) is 0 Å². The highest BCUT2D eigenvalue weighted by atomic mass is 16.5. The Hall–Kier alpha value is -2.29. The van der Waals surface area contributed by atoms with Gasteiger partial charge >= 0.3 is 0 Å². The predicted octanol–water partition coefficient (Wildman–Crippen LogP) is 3.43. The van der Waals surface area contributed by atoms with Gasteiger partial charge < -0.3 is 10.5 Å². The number of pyridine rings is 1. The van der Waals surface area contributed by atoms with E-state index in [1.165, 1.54) is 0 Å². The van der Waals surface area contributed by atoms with Crippen LogP contribution in [0.25, 0.3) is 5.57 Å². The first-order valence-corrected chi connectivity index (χ1v) is 6.19. The summed E-state index contributed by atoms with van der Waals surface area (Å²) >= 11 is 0. The zero-order valence-corrected chi connectivity index (χ0v) is 11.5. The van der Waals surface area contributed by atoms with Crippen molar-refractivity contribution in [2.24, 2.45) is 0 Å². The molecule has 0 aliphatic rings. The third-order valence-electron chi connectivity index (χ3n) is 3.13. The summed E-state index contributed by atoms with van der Waals surface area (Å²) in [6.07, 6.45) is 3.78. The van der Waals surface area contributed by atoms with E-state index in [0.29, 0.717) is 5.82 Å². The summed E-state index contributed by atoms with van der Waals surface area (Å²) < 4.78 is 5.27. The number of hydrogen-bond donors (Lipinski definition) is 1. The lowest BCUT2D eigenvalue weighted by atomic mass is 9.95. The van der Waals surface area contributed by atoms with Gasteiger partial charge in [0.15, 0.2) is 0 Å². The minimum absolute atomic E-state index is 0.552. The fraction of sp³-hybridized carbons (Fsp3) is 0.188. The second kappa shape index (κ2) is 5.57. The minimum atomic E-state index is 0.552. The zero-order chi connectivity index (χ0) is 13.8. The van der Waals surface area contributed by atoms with Gasteiger partial charge in [0, 0.05) is 11.8 Å². The molecule has 0 spiro atoms. The Morgan fingerprint density at radius 1 is 1.32 bits per heavy atom. The first-order chi connectivity index (χ1) is 9.17. The standard InChI is InChI=1S/C16H18N2O/c1-4-14(12-6-5-7-13(10-12)19-3)15-11(2)8-9-18-16(15)17/h4-10H,1-3H3,(H2,17,18)/b14-4-. The van der Waals surface area contributed by atoms with Crippen molar-refractivity contribution in [1.29, 1.82) is 0 Å². The van der Waals surface area contributed by atoms with Gasteiger partial charge in [0.2, 0.25) is 0 Å². The second-order valence-corrected chi connectivity index (χ2v) is 4.32. The lowest BCUT2D eigenvalue weighted by Gasteiger charge is -2.13. The van der Waals surface area contributed by atoms with E-state index < -0.39 is 0 Å². The number of aromatic nitrogens is 1. The molecule has 2 rings (SSSR count). The van der Waals surface area contributed by atoms with Crippen LogP contribution < -0.4 is 10.5 Å². The molecule has 0 aliphatic carbocycles. The molecule has 1 heterocycles. The average Bonchev–Trinajstić information content (AvgIpc) is 2.43. The van der Waals surface area contributed by atoms with Crippen LogP contribution >= 0.6 is 0 Å². The molecule has 19 heavy (non-hydrogen) atoms. The van der Waals surface area contributed by atoms with E-state index in [0.717, 1.165) is 28.0 Å². The van der Waals surface area contributed by atoms with E-state index in [1.807, 2.05) is 44.2 Å². The number of nitrogens with zero attached hydrogens (tertiary/aromatic N) is 1. The minimum Gasteiger partial charge on any atom is -0.497 e. The van der Waals surface area contributed by atoms with Crippen molar-refractivity contribution >= 4 is 11.4 Å². The van der Waals surface area contributed by atoms with Crippen LogP contribution in [0, 0.1) is 6.92 Å². The molecule has 0 bridgehead atoms. The van der Waals surface area contributed by atoms with Gasteiger partial charge in [-0.05, 0) is 48.7 Å². The Morgan fingerprint density at radius 3 is 2.74 bits per heavy atom. The summed E-state index contributed by atoms with van der Waals surface area (Å²) in [5, 5.41) is 0. The summed E-state index contributed by atoms with van der Waals surface area (Å²) in [5.74, 6) is 1.38. The monoisotopic (exact) mass is 254 g/mol. The van der Waals surface area contributed by atoms with E-state index in [4.69, 9.17) is 10.5 Å². The Kier molecular flexibility index (Phi) is 3.85. The maximum absolute atomic E-state index is 6.02. The number of nitrogens with two attached hydrogens (primary N) is 1. The molecule has 98 valence electrons. The molecule has 0 amide bonds. The summed E-state index contributed by atoms with van der Waals surface area (Å²) in [5.41, 5.74) is 10.3. The molecule has 3 heteroatoms. The largest absolute Gasteiger partial charge is 0.497 e. The molecule has 0 saturated carbocycles. The van der Waals surface area contributed by atoms with Gasteiger partial charge in [-0.1, -0.05) is 18.2 Å². The van der Waals surface area contributed by atoms with Crippen LogP contribution in [0.1, 0.15) is 23.6 Å². The maximum atomic E-state index is 6.02. The summed E-state index contributed by atoms with van der Waals surface area (Å²) in [6, 6.07) is 9.91. The molecule has 1 aromatic heterocycles. The normalized spacial score (nSPS) is 11.4. The summed E-state index contributed by atoms with van der Waals surface area (Å²) in [6.45, 7) is 4.04. The molecular formula is C16H18N2O. The van der Waals surface area contributed by atoms with Crippen LogP contribution in [0.5, 0.6) is 5.75 Å². The van der Waals surface area contributed by atoms with Crippen molar-refractivity contribution in [2.75, 3.05) is 12.8 Å². The number of ether oxygens (including phenoxy) is 1. The lowest BCUT2D eigenvalue weighted by molar-refractivity contribution is 0.414. The molecule has 0 saturated heterocycles. The number of rotatable bonds is 3. The van der Waals surface area contributed by atoms with Gasteiger partial charge in [0.1, 0.15) is 11.6 Å². The fourth-order valence-electron chi connectivity index (χ4n) is 2.18. The SMILES string of the molecule is C/C=C(/c1cccc(OC)c1)c1c(C)ccnc1N. The quantitative estimate of drug-likeness (QED) is 0.912. The number of aryl methyl sites for hydroxylation is 1. The van der Waals surface area contributed by atoms with Gasteiger partial charge in [0.25, 0.3) is 0 Å². The van der Waals surface area contributed by atoms with Crippen molar-refractivity contribution in [3.05, 3.63) is 59.3 Å². The molecule has 0 fully saturated rings. The zero-order valence-electron chi connectivity index (χ0n) is 11.5. The number of allylic oxidation sites excluding steroid dienone is 1. The van der Waals surface area contributed by atoms with Gasteiger partial charge in [-0.3, -0.25) is 0 Å². The van der Waals surface area contributed by atoms with Crippen LogP contribution in [0.4, 0.5) is 5.82 Å². The predicted molar refractivity (Wildman–Crippen MR) is 79.1 cm³/mol. The Balaban J connectivity index is 2.57. The molecular weight excluding hydrogens is 236 g/mol. The van der Waals surface area contributed by atoms with Gasteiger partial charge in [-0.15, -0.1) is 0 Å². The first-order valence-electron chi connectivity index (χ1n) is 6.19. The van der Waals surface area contributed by atoms with Crippen molar-refractivity contribution in [1.82, 2.24) is 4.98 Å². The van der Waals surface area contributed by atoms with Crippen molar-refractivity contribution in [2.45, 2.75) is 13.8 Å². The average molecular weight is 254 g/mol. The number of anilines is 1. The van der Waals surface area contributed by atoms with Crippen LogP contribution in [0.3, 0.4) is 0 Å². The van der Waals surface area contributed by atoms with Crippen LogP contribution in [-0.2, 0) is 0 Å². The van der Waals surface area contributed by atoms with E-state index in [9.17, 15) is 0 Å². The Morgan fingerprint density at radius 2 is 2.11 bits per heavy atom. The molecule has 0 aliphatic heterocycles. The summed E-state index contributed by atoms with van der Waals surface area (Å²) in [7, 11) is 1.66. The number of hydrogen-bond acceptors (Lipinski definition) is 3. The molecule has 1 aromatic carbocycles. The molecule has 0 unspecified atom stereocenters. The van der Waals surface area contributed by atoms with Crippen molar-refractivity contribution in [3.8, 4) is 5.75 Å². The highest BCUT2D eigenvalue weighted by Gasteiger charge is 2.11. The second-order valence-electron chi connectivity index (χ2n) is 4.32. The molecule has 2 N–H and O–H groups in total. The maximum Gasteiger partial charge on any atom is 0.131 e. The molecule has 2 aromatic rings. The van der Waals surface area contributed by atoms with Crippen LogP contribution in [0.15, 0.2) is 42.6 Å². The van der Waals surface area contributed by atoms with Crippen molar-refractivity contribution < 1.29 is 4.74 Å². The topological polar surface area (TPSA) is 48.1 Å². The van der Waals surface area contributed by atoms with Crippen molar-refractivity contribution in [3.63, 3.8) is 0 Å². The summed E-state index contributed by atoms with van der Waals surface area (Å²) in [4.78, 5) is 4.18. The Bertz CT molecular complexity index is 598. The molecule has 3 nitrogen and oxygen atoms in total. The number of methoxy groups -OCH3 is 1. The molecule has 0 radical (unpaired) electrons. The number of benzene rings is 1. The van der Waals surface area contributed by atoms with Gasteiger partial charge in [-0.25, -0.2) is 4.98 Å². The first kappa shape index (κ1) is 13.1. The van der Waals surface area contributed by atoms with Crippen LogP contribution in [0.2, 0.25) is 0 Å². The van der Waals surface area contributed by atoms with E-state index >= 15 is 0 Å². The Labute approximate surface area is 113 Å². The highest BCUT2D eigenvalue weighted by Crippen LogP contribution is 2.31.